The van der Waals surface area contributed by atoms with Crippen LogP contribution in [0.15, 0.2) is 24.3 Å². The number of hydrogen-bond donors (Lipinski definition) is 1. The van der Waals surface area contributed by atoms with E-state index in [0.29, 0.717) is 0 Å². The van der Waals surface area contributed by atoms with E-state index in [4.69, 9.17) is 0 Å². The molecular formula is C13H18N2O2. The third-order valence-corrected chi connectivity index (χ3v) is 3.57. The molecule has 0 bridgehead atoms. The third kappa shape index (κ3) is 3.03. The van der Waals surface area contributed by atoms with Crippen LogP contribution in [0.3, 0.4) is 0 Å². The Hall–Kier alpha value is -1.42. The highest BCUT2D eigenvalue weighted by Gasteiger charge is 2.32. The van der Waals surface area contributed by atoms with E-state index in [1.165, 1.54) is 6.42 Å². The maximum absolute atomic E-state index is 10.5. The zero-order valence-electron chi connectivity index (χ0n) is 10.2. The Kier molecular flexibility index (Phi) is 3.43. The second-order valence-electron chi connectivity index (χ2n) is 4.95. The minimum Gasteiger partial charge on any atom is -0.310 e. The Morgan fingerprint density at radius 1 is 1.47 bits per heavy atom. The first-order valence-corrected chi connectivity index (χ1v) is 6.05. The molecule has 0 amide bonds. The largest absolute Gasteiger partial charge is 0.310 e. The van der Waals surface area contributed by atoms with Gasteiger partial charge in [-0.2, -0.15) is 0 Å². The molecule has 1 aliphatic rings. The van der Waals surface area contributed by atoms with E-state index in [1.807, 2.05) is 12.1 Å². The first kappa shape index (κ1) is 12.0. The summed E-state index contributed by atoms with van der Waals surface area (Å²) in [4.78, 5) is 10.2. The molecule has 3 atom stereocenters. The second kappa shape index (κ2) is 4.84. The summed E-state index contributed by atoms with van der Waals surface area (Å²) in [7, 11) is 0. The standard InChI is InChI=1S/C13H18N2O2/c1-9-7-12(9)8-14-10(2)11-3-5-13(6-4-11)15(16)17/h3-6,9-10,12,14H,7-8H2,1-2H3. The average Bonchev–Trinajstić information content (AvgIpc) is 3.02. The van der Waals surface area contributed by atoms with Gasteiger partial charge >= 0.3 is 0 Å². The van der Waals surface area contributed by atoms with Crippen LogP contribution in [0.5, 0.6) is 0 Å². The molecule has 1 saturated carbocycles. The lowest BCUT2D eigenvalue weighted by atomic mass is 10.1. The molecule has 1 aromatic rings. The van der Waals surface area contributed by atoms with Crippen molar-refractivity contribution >= 4 is 5.69 Å². The number of nitro groups is 1. The molecule has 1 fully saturated rings. The molecule has 4 heteroatoms. The molecule has 1 N–H and O–H groups in total. The fourth-order valence-electron chi connectivity index (χ4n) is 2.01. The van der Waals surface area contributed by atoms with Gasteiger partial charge in [-0.25, -0.2) is 0 Å². The predicted molar refractivity (Wildman–Crippen MR) is 66.8 cm³/mol. The highest BCUT2D eigenvalue weighted by molar-refractivity contribution is 5.34. The minimum atomic E-state index is -0.367. The Bertz CT molecular complexity index is 402. The number of nitro benzene ring substituents is 1. The Morgan fingerprint density at radius 3 is 2.53 bits per heavy atom. The molecule has 0 aliphatic heterocycles. The summed E-state index contributed by atoms with van der Waals surface area (Å²) in [6.45, 7) is 5.40. The zero-order chi connectivity index (χ0) is 12.4. The molecular weight excluding hydrogens is 216 g/mol. The normalized spacial score (nSPS) is 24.4. The SMILES string of the molecule is CC(NCC1CC1C)c1ccc([N+](=O)[O-])cc1. The van der Waals surface area contributed by atoms with E-state index >= 15 is 0 Å². The molecule has 2 rings (SSSR count). The summed E-state index contributed by atoms with van der Waals surface area (Å²) in [5.74, 6) is 1.67. The highest BCUT2D eigenvalue weighted by Crippen LogP contribution is 2.37. The number of non-ortho nitro benzene ring substituents is 1. The van der Waals surface area contributed by atoms with Crippen LogP contribution in [-0.2, 0) is 0 Å². The topological polar surface area (TPSA) is 55.2 Å². The maximum atomic E-state index is 10.5. The third-order valence-electron chi connectivity index (χ3n) is 3.57. The molecule has 0 aromatic heterocycles. The van der Waals surface area contributed by atoms with Crippen LogP contribution in [0.1, 0.15) is 31.9 Å². The lowest BCUT2D eigenvalue weighted by molar-refractivity contribution is -0.384. The lowest BCUT2D eigenvalue weighted by Gasteiger charge is -2.13. The van der Waals surface area contributed by atoms with Crippen LogP contribution >= 0.6 is 0 Å². The zero-order valence-corrected chi connectivity index (χ0v) is 10.2. The summed E-state index contributed by atoms with van der Waals surface area (Å²) in [6, 6.07) is 7.03. The van der Waals surface area contributed by atoms with Gasteiger partial charge in [0.2, 0.25) is 0 Å². The molecule has 0 spiro atoms. The molecule has 1 aliphatic carbocycles. The Labute approximate surface area is 101 Å². The monoisotopic (exact) mass is 234 g/mol. The quantitative estimate of drug-likeness (QED) is 0.629. The fraction of sp³-hybridized carbons (Fsp3) is 0.538. The summed E-state index contributed by atoms with van der Waals surface area (Å²) in [6.07, 6.45) is 1.32. The first-order chi connectivity index (χ1) is 8.08. The van der Waals surface area contributed by atoms with E-state index in [0.717, 1.165) is 23.9 Å². The molecule has 0 radical (unpaired) electrons. The van der Waals surface area contributed by atoms with Crippen molar-refractivity contribution in [3.05, 3.63) is 39.9 Å². The van der Waals surface area contributed by atoms with Gasteiger partial charge in [0.25, 0.3) is 5.69 Å². The van der Waals surface area contributed by atoms with E-state index in [1.54, 1.807) is 12.1 Å². The van der Waals surface area contributed by atoms with Crippen molar-refractivity contribution in [2.24, 2.45) is 11.8 Å². The second-order valence-corrected chi connectivity index (χ2v) is 4.95. The number of nitrogens with one attached hydrogen (secondary N) is 1. The Balaban J connectivity index is 1.89. The van der Waals surface area contributed by atoms with Crippen molar-refractivity contribution in [2.45, 2.75) is 26.3 Å². The van der Waals surface area contributed by atoms with Crippen LogP contribution in [0, 0.1) is 22.0 Å². The van der Waals surface area contributed by atoms with E-state index in [2.05, 4.69) is 19.2 Å². The first-order valence-electron chi connectivity index (χ1n) is 6.05. The number of rotatable bonds is 5. The summed E-state index contributed by atoms with van der Waals surface area (Å²) < 4.78 is 0. The van der Waals surface area contributed by atoms with E-state index in [-0.39, 0.29) is 16.7 Å². The molecule has 1 aromatic carbocycles. The van der Waals surface area contributed by atoms with Gasteiger partial charge < -0.3 is 5.32 Å². The molecule has 3 unspecified atom stereocenters. The molecule has 0 saturated heterocycles. The van der Waals surface area contributed by atoms with E-state index in [9.17, 15) is 10.1 Å². The molecule has 92 valence electrons. The van der Waals surface area contributed by atoms with Crippen LogP contribution in [0.4, 0.5) is 5.69 Å². The lowest BCUT2D eigenvalue weighted by Crippen LogP contribution is -2.21. The van der Waals surface area contributed by atoms with Crippen LogP contribution in [-0.4, -0.2) is 11.5 Å². The maximum Gasteiger partial charge on any atom is 0.269 e. The highest BCUT2D eigenvalue weighted by atomic mass is 16.6. The minimum absolute atomic E-state index is 0.150. The fourth-order valence-corrected chi connectivity index (χ4v) is 2.01. The number of hydrogen-bond acceptors (Lipinski definition) is 3. The van der Waals surface area contributed by atoms with Gasteiger partial charge in [0, 0.05) is 18.2 Å². The Morgan fingerprint density at radius 2 is 2.06 bits per heavy atom. The van der Waals surface area contributed by atoms with Crippen molar-refractivity contribution in [1.82, 2.24) is 5.32 Å². The number of nitrogens with zero attached hydrogens (tertiary/aromatic N) is 1. The molecule has 4 nitrogen and oxygen atoms in total. The smallest absolute Gasteiger partial charge is 0.269 e. The van der Waals surface area contributed by atoms with Crippen LogP contribution < -0.4 is 5.32 Å². The molecule has 17 heavy (non-hydrogen) atoms. The summed E-state index contributed by atoms with van der Waals surface area (Å²) in [5.41, 5.74) is 1.25. The summed E-state index contributed by atoms with van der Waals surface area (Å²) >= 11 is 0. The number of benzene rings is 1. The van der Waals surface area contributed by atoms with Crippen molar-refractivity contribution in [3.63, 3.8) is 0 Å². The molecule has 0 heterocycles. The van der Waals surface area contributed by atoms with Crippen LogP contribution in [0.2, 0.25) is 0 Å². The van der Waals surface area contributed by atoms with Crippen molar-refractivity contribution in [3.8, 4) is 0 Å². The van der Waals surface area contributed by atoms with Gasteiger partial charge in [-0.3, -0.25) is 10.1 Å². The van der Waals surface area contributed by atoms with Crippen molar-refractivity contribution in [2.75, 3.05) is 6.54 Å². The van der Waals surface area contributed by atoms with Gasteiger partial charge in [0.05, 0.1) is 4.92 Å². The van der Waals surface area contributed by atoms with Gasteiger partial charge in [-0.1, -0.05) is 19.1 Å². The van der Waals surface area contributed by atoms with Gasteiger partial charge in [0.15, 0.2) is 0 Å². The summed E-state index contributed by atoms with van der Waals surface area (Å²) in [5, 5.41) is 14.0. The van der Waals surface area contributed by atoms with E-state index < -0.39 is 0 Å². The van der Waals surface area contributed by atoms with Gasteiger partial charge in [-0.15, -0.1) is 0 Å². The average molecular weight is 234 g/mol. The van der Waals surface area contributed by atoms with Crippen molar-refractivity contribution in [1.29, 1.82) is 0 Å². The van der Waals surface area contributed by atoms with Crippen molar-refractivity contribution < 1.29 is 4.92 Å². The van der Waals surface area contributed by atoms with Gasteiger partial charge in [-0.05, 0) is 37.3 Å². The van der Waals surface area contributed by atoms with Gasteiger partial charge in [0.1, 0.15) is 0 Å². The predicted octanol–water partition coefficient (Wildman–Crippen LogP) is 2.90. The van der Waals surface area contributed by atoms with Crippen LogP contribution in [0.25, 0.3) is 0 Å².